The van der Waals surface area contributed by atoms with E-state index in [-0.39, 0.29) is 24.0 Å². The summed E-state index contributed by atoms with van der Waals surface area (Å²) in [5, 5.41) is 3.09. The summed E-state index contributed by atoms with van der Waals surface area (Å²) in [6.07, 6.45) is 2.86. The van der Waals surface area contributed by atoms with Gasteiger partial charge in [-0.3, -0.25) is 0 Å². The Balaban J connectivity index is 0.00000210. The number of anilines is 1. The number of halogens is 1. The summed E-state index contributed by atoms with van der Waals surface area (Å²) in [6, 6.07) is 11.6. The first-order chi connectivity index (χ1) is 12.7. The molecule has 0 fully saturated rings. The monoisotopic (exact) mass is 479 g/mol. The quantitative estimate of drug-likeness (QED) is 0.342. The number of imidazole rings is 1. The summed E-state index contributed by atoms with van der Waals surface area (Å²) in [5.74, 6) is 1.80. The molecule has 8 heteroatoms. The number of pyridine rings is 1. The predicted octanol–water partition coefficient (Wildman–Crippen LogP) is 3.35. The van der Waals surface area contributed by atoms with Gasteiger partial charge in [-0.25, -0.2) is 9.98 Å². The topological polar surface area (TPSA) is 86.2 Å². The molecule has 3 aromatic rings. The molecule has 0 bridgehead atoms. The first kappa shape index (κ1) is 19.3. The molecular weight excluding hydrogens is 457 g/mol. The van der Waals surface area contributed by atoms with E-state index in [2.05, 4.69) is 15.3 Å². The van der Waals surface area contributed by atoms with Crippen LogP contribution >= 0.6 is 24.0 Å². The van der Waals surface area contributed by atoms with Gasteiger partial charge in [-0.05, 0) is 31.2 Å². The number of nitrogens with two attached hydrogens (primary N) is 1. The summed E-state index contributed by atoms with van der Waals surface area (Å²) in [5.41, 5.74) is 9.72. The number of nitrogens with zero attached hydrogens (tertiary/aromatic N) is 3. The van der Waals surface area contributed by atoms with Crippen molar-refractivity contribution in [3.63, 3.8) is 0 Å². The first-order valence-corrected chi connectivity index (χ1v) is 8.59. The zero-order valence-corrected chi connectivity index (χ0v) is 17.3. The van der Waals surface area contributed by atoms with Crippen molar-refractivity contribution in [2.45, 2.75) is 19.9 Å². The Hall–Kier alpha value is -2.49. The van der Waals surface area contributed by atoms with Crippen molar-refractivity contribution in [1.29, 1.82) is 0 Å². The molecule has 0 atom stereocenters. The van der Waals surface area contributed by atoms with E-state index in [1.807, 2.05) is 53.9 Å². The first-order valence-electron chi connectivity index (χ1n) is 8.59. The van der Waals surface area contributed by atoms with Gasteiger partial charge in [0.1, 0.15) is 5.65 Å². The van der Waals surface area contributed by atoms with Crippen molar-refractivity contribution in [2.24, 2.45) is 10.7 Å². The number of benzene rings is 1. The lowest BCUT2D eigenvalue weighted by Crippen LogP contribution is -2.22. The summed E-state index contributed by atoms with van der Waals surface area (Å²) in [4.78, 5) is 8.94. The lowest BCUT2D eigenvalue weighted by Gasteiger charge is -2.10. The van der Waals surface area contributed by atoms with Crippen LogP contribution in [0.3, 0.4) is 0 Å². The Bertz CT molecular complexity index is 970. The molecule has 7 nitrogen and oxygen atoms in total. The minimum atomic E-state index is 0. The molecule has 142 valence electrons. The molecule has 0 saturated heterocycles. The van der Waals surface area contributed by atoms with Gasteiger partial charge in [0.25, 0.3) is 0 Å². The third-order valence-electron chi connectivity index (χ3n) is 4.18. The Morgan fingerprint density at radius 3 is 2.85 bits per heavy atom. The number of aromatic nitrogens is 2. The van der Waals surface area contributed by atoms with Crippen molar-refractivity contribution in [3.8, 4) is 11.5 Å². The summed E-state index contributed by atoms with van der Waals surface area (Å²) >= 11 is 0. The second kappa shape index (κ2) is 8.47. The zero-order valence-electron chi connectivity index (χ0n) is 15.0. The molecule has 0 spiro atoms. The van der Waals surface area contributed by atoms with Crippen LogP contribution in [0.4, 0.5) is 5.69 Å². The van der Waals surface area contributed by atoms with Crippen molar-refractivity contribution < 1.29 is 9.47 Å². The number of aryl methyl sites for hydroxylation is 1. The van der Waals surface area contributed by atoms with E-state index < -0.39 is 0 Å². The fourth-order valence-electron chi connectivity index (χ4n) is 2.87. The van der Waals surface area contributed by atoms with Gasteiger partial charge >= 0.3 is 0 Å². The smallest absolute Gasteiger partial charge is 0.193 e. The lowest BCUT2D eigenvalue weighted by atomic mass is 10.3. The SMILES string of the molecule is Cc1cccc2nc(CN=C(N)Nc3ccc4c(c3)OCCCO4)cn12.I. The maximum atomic E-state index is 6.02. The van der Waals surface area contributed by atoms with E-state index in [1.54, 1.807) is 0 Å². The highest BCUT2D eigenvalue weighted by atomic mass is 127. The van der Waals surface area contributed by atoms with E-state index in [1.165, 1.54) is 0 Å². The number of aliphatic imine (C=N–C) groups is 1. The molecule has 2 aromatic heterocycles. The molecule has 0 amide bonds. The van der Waals surface area contributed by atoms with Crippen LogP contribution in [0.5, 0.6) is 11.5 Å². The van der Waals surface area contributed by atoms with E-state index in [9.17, 15) is 0 Å². The molecule has 0 unspecified atom stereocenters. The molecular formula is C19H22IN5O2. The summed E-state index contributed by atoms with van der Waals surface area (Å²) in [7, 11) is 0. The van der Waals surface area contributed by atoms with Gasteiger partial charge in [-0.2, -0.15) is 0 Å². The summed E-state index contributed by atoms with van der Waals surface area (Å²) < 4.78 is 13.4. The highest BCUT2D eigenvalue weighted by Gasteiger charge is 2.11. The van der Waals surface area contributed by atoms with Gasteiger partial charge in [-0.15, -0.1) is 24.0 Å². The maximum absolute atomic E-state index is 6.02. The number of nitrogens with one attached hydrogen (secondary N) is 1. The van der Waals surface area contributed by atoms with Gasteiger partial charge in [0.15, 0.2) is 17.5 Å². The number of guanidine groups is 1. The second-order valence-electron chi connectivity index (χ2n) is 6.17. The molecule has 1 aromatic carbocycles. The molecule has 4 rings (SSSR count). The standard InChI is InChI=1S/C19H21N5O2.HI/c1-13-4-2-5-18-22-15(12-24(13)18)11-21-19(20)23-14-6-7-16-17(10-14)26-9-3-8-25-16;/h2,4-7,10,12H,3,8-9,11H2,1H3,(H3,20,21,23);1H. The van der Waals surface area contributed by atoms with Crippen molar-refractivity contribution in [2.75, 3.05) is 18.5 Å². The van der Waals surface area contributed by atoms with Crippen molar-refractivity contribution >= 4 is 41.3 Å². The van der Waals surface area contributed by atoms with Crippen LogP contribution in [0.15, 0.2) is 47.6 Å². The zero-order chi connectivity index (χ0) is 17.9. The van der Waals surface area contributed by atoms with E-state index >= 15 is 0 Å². The number of fused-ring (bicyclic) bond motifs is 2. The highest BCUT2D eigenvalue weighted by Crippen LogP contribution is 2.32. The number of ether oxygens (including phenoxy) is 2. The van der Waals surface area contributed by atoms with Crippen molar-refractivity contribution in [3.05, 3.63) is 54.0 Å². The van der Waals surface area contributed by atoms with Crippen molar-refractivity contribution in [1.82, 2.24) is 9.38 Å². The van der Waals surface area contributed by atoms with Crippen LogP contribution in [-0.2, 0) is 6.54 Å². The Morgan fingerprint density at radius 1 is 1.22 bits per heavy atom. The molecule has 3 heterocycles. The molecule has 0 aliphatic carbocycles. The molecule has 0 saturated carbocycles. The Kier molecular flexibility index (Phi) is 6.04. The van der Waals surface area contributed by atoms with Crippen LogP contribution in [0.1, 0.15) is 17.8 Å². The van der Waals surface area contributed by atoms with E-state index in [0.717, 1.165) is 40.6 Å². The van der Waals surface area contributed by atoms with Gasteiger partial charge in [-0.1, -0.05) is 6.07 Å². The fraction of sp³-hybridized carbons (Fsp3) is 0.263. The fourth-order valence-corrected chi connectivity index (χ4v) is 2.87. The Morgan fingerprint density at radius 2 is 2.04 bits per heavy atom. The van der Waals surface area contributed by atoms with Crippen LogP contribution in [-0.4, -0.2) is 28.6 Å². The van der Waals surface area contributed by atoms with Crippen LogP contribution < -0.4 is 20.5 Å². The van der Waals surface area contributed by atoms with Gasteiger partial charge in [0.2, 0.25) is 0 Å². The normalized spacial score (nSPS) is 13.7. The largest absolute Gasteiger partial charge is 0.490 e. The lowest BCUT2D eigenvalue weighted by molar-refractivity contribution is 0.297. The average molecular weight is 479 g/mol. The highest BCUT2D eigenvalue weighted by molar-refractivity contribution is 14.0. The van der Waals surface area contributed by atoms with Crippen LogP contribution in [0, 0.1) is 6.92 Å². The Labute approximate surface area is 174 Å². The molecule has 0 radical (unpaired) electrons. The minimum Gasteiger partial charge on any atom is -0.490 e. The minimum absolute atomic E-state index is 0. The average Bonchev–Trinajstić information content (AvgIpc) is 2.92. The number of hydrogen-bond donors (Lipinski definition) is 2. The predicted molar refractivity (Wildman–Crippen MR) is 116 cm³/mol. The number of hydrogen-bond acceptors (Lipinski definition) is 4. The van der Waals surface area contributed by atoms with Gasteiger partial charge in [0, 0.05) is 30.1 Å². The molecule has 27 heavy (non-hydrogen) atoms. The molecule has 1 aliphatic heterocycles. The van der Waals surface area contributed by atoms with Crippen LogP contribution in [0.25, 0.3) is 5.65 Å². The van der Waals surface area contributed by atoms with E-state index in [0.29, 0.717) is 25.7 Å². The van der Waals surface area contributed by atoms with Gasteiger partial charge < -0.3 is 24.9 Å². The van der Waals surface area contributed by atoms with Crippen LogP contribution in [0.2, 0.25) is 0 Å². The third kappa shape index (κ3) is 4.44. The van der Waals surface area contributed by atoms with E-state index in [4.69, 9.17) is 15.2 Å². The second-order valence-corrected chi connectivity index (χ2v) is 6.17. The molecule has 3 N–H and O–H groups in total. The molecule has 1 aliphatic rings. The van der Waals surface area contributed by atoms with Gasteiger partial charge in [0.05, 0.1) is 25.5 Å². The third-order valence-corrected chi connectivity index (χ3v) is 4.18. The number of rotatable bonds is 3. The maximum Gasteiger partial charge on any atom is 0.193 e. The summed E-state index contributed by atoms with van der Waals surface area (Å²) in [6.45, 7) is 3.77.